The minimum absolute atomic E-state index is 0.147. The van der Waals surface area contributed by atoms with Gasteiger partial charge in [-0.2, -0.15) is 0 Å². The Labute approximate surface area is 120 Å². The average Bonchev–Trinajstić information content (AvgIpc) is 2.84. The summed E-state index contributed by atoms with van der Waals surface area (Å²) in [6.45, 7) is 0. The van der Waals surface area contributed by atoms with Crippen molar-refractivity contribution < 1.29 is 4.79 Å². The van der Waals surface area contributed by atoms with E-state index in [1.54, 1.807) is 47.8 Å². The molecule has 0 unspecified atom stereocenters. The molecule has 1 N–H and O–H groups in total. The molecule has 3 aromatic rings. The molecule has 6 heteroatoms. The largest absolute Gasteiger partial charge is 0.388 e. The molecule has 0 radical (unpaired) electrons. The first kappa shape index (κ1) is 13.1. The fourth-order valence-electron chi connectivity index (χ4n) is 2.38. The fourth-order valence-corrected chi connectivity index (χ4v) is 2.38. The lowest BCUT2D eigenvalue weighted by atomic mass is 10.2. The maximum Gasteiger partial charge on any atom is 0.257 e. The number of anilines is 1. The standard InChI is InChI=1S/C15H14N4O2/c1-16-10-4-6-19(14(21)7-10)13-3-5-17-15-12(13)8-11(9-20)18(15)2/h3-9,16H,1-2H3. The summed E-state index contributed by atoms with van der Waals surface area (Å²) in [5.74, 6) is 0. The Morgan fingerprint density at radius 3 is 2.76 bits per heavy atom. The third-order valence-corrected chi connectivity index (χ3v) is 3.53. The molecule has 0 aromatic carbocycles. The van der Waals surface area contributed by atoms with Crippen molar-refractivity contribution in [2.24, 2.45) is 7.05 Å². The van der Waals surface area contributed by atoms with E-state index in [0.717, 1.165) is 17.4 Å². The van der Waals surface area contributed by atoms with Gasteiger partial charge in [0.2, 0.25) is 0 Å². The van der Waals surface area contributed by atoms with Gasteiger partial charge in [-0.3, -0.25) is 14.2 Å². The molecule has 21 heavy (non-hydrogen) atoms. The van der Waals surface area contributed by atoms with E-state index in [0.29, 0.717) is 17.0 Å². The summed E-state index contributed by atoms with van der Waals surface area (Å²) in [5.41, 5.74) is 2.49. The monoisotopic (exact) mass is 282 g/mol. The van der Waals surface area contributed by atoms with E-state index in [2.05, 4.69) is 10.3 Å². The van der Waals surface area contributed by atoms with Gasteiger partial charge < -0.3 is 9.88 Å². The highest BCUT2D eigenvalue weighted by atomic mass is 16.1. The molecule has 3 aromatic heterocycles. The van der Waals surface area contributed by atoms with Gasteiger partial charge in [0.25, 0.3) is 5.56 Å². The van der Waals surface area contributed by atoms with Crippen LogP contribution in [0, 0.1) is 0 Å². The number of aldehydes is 1. The highest BCUT2D eigenvalue weighted by Gasteiger charge is 2.12. The maximum absolute atomic E-state index is 12.2. The smallest absolute Gasteiger partial charge is 0.257 e. The van der Waals surface area contributed by atoms with Crippen LogP contribution < -0.4 is 10.9 Å². The summed E-state index contributed by atoms with van der Waals surface area (Å²) in [6, 6.07) is 6.84. The minimum atomic E-state index is -0.147. The van der Waals surface area contributed by atoms with Gasteiger partial charge in [-0.05, 0) is 18.2 Å². The number of rotatable bonds is 3. The topological polar surface area (TPSA) is 68.9 Å². The van der Waals surface area contributed by atoms with Crippen LogP contribution >= 0.6 is 0 Å². The van der Waals surface area contributed by atoms with Crippen molar-refractivity contribution >= 4 is 23.0 Å². The van der Waals surface area contributed by atoms with Crippen molar-refractivity contribution in [1.82, 2.24) is 14.1 Å². The normalized spacial score (nSPS) is 10.8. The number of carbonyl (C=O) groups excluding carboxylic acids is 1. The molecule has 0 aliphatic rings. The predicted molar refractivity (Wildman–Crippen MR) is 81.2 cm³/mol. The summed E-state index contributed by atoms with van der Waals surface area (Å²) in [5, 5.41) is 3.70. The number of hydrogen-bond donors (Lipinski definition) is 1. The van der Waals surface area contributed by atoms with Crippen molar-refractivity contribution in [3.63, 3.8) is 0 Å². The predicted octanol–water partition coefficient (Wildman–Crippen LogP) is 1.58. The van der Waals surface area contributed by atoms with E-state index in [-0.39, 0.29) is 5.56 Å². The first-order valence-electron chi connectivity index (χ1n) is 6.46. The number of nitrogens with zero attached hydrogens (tertiary/aromatic N) is 3. The molecule has 0 bridgehead atoms. The van der Waals surface area contributed by atoms with Crippen LogP contribution in [0.1, 0.15) is 10.5 Å². The molecule has 0 atom stereocenters. The van der Waals surface area contributed by atoms with E-state index < -0.39 is 0 Å². The second kappa shape index (κ2) is 4.90. The molecule has 0 saturated heterocycles. The van der Waals surface area contributed by atoms with E-state index in [4.69, 9.17) is 0 Å². The van der Waals surface area contributed by atoms with Crippen LogP contribution in [-0.4, -0.2) is 27.5 Å². The average molecular weight is 282 g/mol. The number of fused-ring (bicyclic) bond motifs is 1. The third-order valence-electron chi connectivity index (χ3n) is 3.53. The van der Waals surface area contributed by atoms with Crippen LogP contribution in [0.2, 0.25) is 0 Å². The van der Waals surface area contributed by atoms with Crippen LogP contribution in [-0.2, 0) is 7.05 Å². The number of aryl methyl sites for hydroxylation is 1. The van der Waals surface area contributed by atoms with Crippen LogP contribution in [0.15, 0.2) is 41.5 Å². The van der Waals surface area contributed by atoms with Gasteiger partial charge in [-0.15, -0.1) is 0 Å². The lowest BCUT2D eigenvalue weighted by Gasteiger charge is -2.08. The Morgan fingerprint density at radius 2 is 2.10 bits per heavy atom. The lowest BCUT2D eigenvalue weighted by Crippen LogP contribution is -2.17. The van der Waals surface area contributed by atoms with E-state index >= 15 is 0 Å². The van der Waals surface area contributed by atoms with Gasteiger partial charge in [-0.1, -0.05) is 0 Å². The summed E-state index contributed by atoms with van der Waals surface area (Å²) >= 11 is 0. The maximum atomic E-state index is 12.2. The molecule has 0 amide bonds. The molecule has 3 rings (SSSR count). The zero-order valence-corrected chi connectivity index (χ0v) is 11.7. The van der Waals surface area contributed by atoms with E-state index in [1.807, 2.05) is 6.07 Å². The first-order valence-corrected chi connectivity index (χ1v) is 6.46. The van der Waals surface area contributed by atoms with Crippen molar-refractivity contribution in [1.29, 1.82) is 0 Å². The van der Waals surface area contributed by atoms with Gasteiger partial charge >= 0.3 is 0 Å². The second-order valence-electron chi connectivity index (χ2n) is 4.69. The highest BCUT2D eigenvalue weighted by molar-refractivity contribution is 5.91. The minimum Gasteiger partial charge on any atom is -0.388 e. The number of nitrogens with one attached hydrogen (secondary N) is 1. The number of aromatic nitrogens is 3. The number of carbonyl (C=O) groups is 1. The fraction of sp³-hybridized carbons (Fsp3) is 0.133. The SMILES string of the molecule is CNc1ccn(-c2ccnc3c2cc(C=O)n3C)c(=O)c1. The summed E-state index contributed by atoms with van der Waals surface area (Å²) in [4.78, 5) is 27.6. The summed E-state index contributed by atoms with van der Waals surface area (Å²) in [7, 11) is 3.53. The molecule has 6 nitrogen and oxygen atoms in total. The molecule has 0 fully saturated rings. The Bertz CT molecular complexity index is 892. The van der Waals surface area contributed by atoms with Crippen molar-refractivity contribution in [3.8, 4) is 5.69 Å². The third kappa shape index (κ3) is 2.01. The van der Waals surface area contributed by atoms with Gasteiger partial charge in [0, 0.05) is 43.6 Å². The van der Waals surface area contributed by atoms with Crippen molar-refractivity contribution in [3.05, 3.63) is 52.7 Å². The summed E-state index contributed by atoms with van der Waals surface area (Å²) < 4.78 is 3.25. The lowest BCUT2D eigenvalue weighted by molar-refractivity contribution is 0.111. The number of hydrogen-bond acceptors (Lipinski definition) is 4. The first-order chi connectivity index (χ1) is 10.2. The van der Waals surface area contributed by atoms with Gasteiger partial charge in [0.1, 0.15) is 5.65 Å². The Kier molecular flexibility index (Phi) is 3.06. The summed E-state index contributed by atoms with van der Waals surface area (Å²) in [6.07, 6.45) is 4.11. The zero-order chi connectivity index (χ0) is 15.0. The highest BCUT2D eigenvalue weighted by Crippen LogP contribution is 2.22. The molecule has 0 aliphatic heterocycles. The Morgan fingerprint density at radius 1 is 1.29 bits per heavy atom. The van der Waals surface area contributed by atoms with Crippen LogP contribution in [0.4, 0.5) is 5.69 Å². The molecule has 0 spiro atoms. The van der Waals surface area contributed by atoms with Gasteiger partial charge in [0.05, 0.1) is 11.4 Å². The molecule has 0 saturated carbocycles. The molecule has 106 valence electrons. The Balaban J connectivity index is 2.30. The van der Waals surface area contributed by atoms with E-state index in [1.165, 1.54) is 6.07 Å². The van der Waals surface area contributed by atoms with Gasteiger partial charge in [-0.25, -0.2) is 4.98 Å². The quantitative estimate of drug-likeness (QED) is 0.740. The Hall–Kier alpha value is -2.89. The van der Waals surface area contributed by atoms with E-state index in [9.17, 15) is 9.59 Å². The van der Waals surface area contributed by atoms with Crippen LogP contribution in [0.5, 0.6) is 0 Å². The van der Waals surface area contributed by atoms with Crippen LogP contribution in [0.3, 0.4) is 0 Å². The zero-order valence-electron chi connectivity index (χ0n) is 11.7. The second-order valence-corrected chi connectivity index (χ2v) is 4.69. The van der Waals surface area contributed by atoms with Crippen LogP contribution in [0.25, 0.3) is 16.7 Å². The number of pyridine rings is 2. The van der Waals surface area contributed by atoms with Crippen molar-refractivity contribution in [2.45, 2.75) is 0 Å². The van der Waals surface area contributed by atoms with Crippen molar-refractivity contribution in [2.75, 3.05) is 12.4 Å². The molecule has 3 heterocycles. The molecular formula is C15H14N4O2. The van der Waals surface area contributed by atoms with Gasteiger partial charge in [0.15, 0.2) is 6.29 Å². The molecule has 0 aliphatic carbocycles. The molecular weight excluding hydrogens is 268 g/mol.